The fourth-order valence-electron chi connectivity index (χ4n) is 1.59. The van der Waals surface area contributed by atoms with E-state index in [0.717, 1.165) is 18.2 Å². The molecule has 0 atom stereocenters. The minimum absolute atomic E-state index is 0.0225. The molecule has 1 amide bonds. The molecule has 0 aromatic carbocycles. The van der Waals surface area contributed by atoms with Crippen LogP contribution in [0.5, 0.6) is 0 Å². The first-order valence-electron chi connectivity index (χ1n) is 5.92. The summed E-state index contributed by atoms with van der Waals surface area (Å²) in [6.45, 7) is 2.05. The van der Waals surface area contributed by atoms with Gasteiger partial charge in [-0.3, -0.25) is 4.79 Å². The molecule has 4 nitrogen and oxygen atoms in total. The highest BCUT2D eigenvalue weighted by Crippen LogP contribution is 2.16. The molecular weight excluding hydrogens is 250 g/mol. The maximum absolute atomic E-state index is 11.6. The number of pyridine rings is 2. The maximum atomic E-state index is 11.6. The lowest BCUT2D eigenvalue weighted by Crippen LogP contribution is -2.12. The van der Waals surface area contributed by atoms with Gasteiger partial charge in [-0.25, -0.2) is 9.97 Å². The van der Waals surface area contributed by atoms with Crippen LogP contribution in [-0.2, 0) is 4.79 Å². The van der Waals surface area contributed by atoms with E-state index in [1.54, 1.807) is 12.1 Å². The number of fused-ring (bicyclic) bond motifs is 1. The van der Waals surface area contributed by atoms with Gasteiger partial charge in [0, 0.05) is 11.8 Å². The molecule has 0 aliphatic heterocycles. The summed E-state index contributed by atoms with van der Waals surface area (Å²) in [6, 6.07) is 7.19. The third-order valence-electron chi connectivity index (χ3n) is 2.54. The number of aromatic nitrogens is 2. The fraction of sp³-hybridized carbons (Fsp3) is 0.308. The molecule has 0 bridgehead atoms. The van der Waals surface area contributed by atoms with E-state index in [1.165, 1.54) is 0 Å². The van der Waals surface area contributed by atoms with Crippen molar-refractivity contribution in [2.24, 2.45) is 0 Å². The van der Waals surface area contributed by atoms with Crippen molar-refractivity contribution in [3.05, 3.63) is 29.4 Å². The molecule has 2 aromatic rings. The molecule has 0 unspecified atom stereocenters. The zero-order valence-electron chi connectivity index (χ0n) is 10.1. The smallest absolute Gasteiger partial charge is 0.225 e. The maximum Gasteiger partial charge on any atom is 0.225 e. The van der Waals surface area contributed by atoms with Gasteiger partial charge in [0.05, 0.1) is 0 Å². The van der Waals surface area contributed by atoms with Gasteiger partial charge in [-0.15, -0.1) is 0 Å². The molecule has 94 valence electrons. The molecule has 5 heteroatoms. The first-order chi connectivity index (χ1) is 8.69. The third kappa shape index (κ3) is 3.17. The third-order valence-corrected chi connectivity index (χ3v) is 2.75. The average molecular weight is 264 g/mol. The quantitative estimate of drug-likeness (QED) is 0.860. The lowest BCUT2D eigenvalue weighted by Gasteiger charge is -2.04. The SMILES string of the molecule is CCCCC(=O)Nc1ccc2ccc(Cl)nc2n1. The van der Waals surface area contributed by atoms with E-state index >= 15 is 0 Å². The largest absolute Gasteiger partial charge is 0.311 e. The summed E-state index contributed by atoms with van der Waals surface area (Å²) < 4.78 is 0. The molecule has 0 aliphatic rings. The Morgan fingerprint density at radius 2 is 2.06 bits per heavy atom. The topological polar surface area (TPSA) is 54.9 Å². The molecule has 2 rings (SSSR count). The van der Waals surface area contributed by atoms with Crippen molar-refractivity contribution < 1.29 is 4.79 Å². The Kier molecular flexibility index (Phi) is 4.10. The van der Waals surface area contributed by atoms with E-state index in [4.69, 9.17) is 11.6 Å². The number of anilines is 1. The van der Waals surface area contributed by atoms with Crippen LogP contribution < -0.4 is 5.32 Å². The molecule has 2 heterocycles. The molecule has 1 N–H and O–H groups in total. The van der Waals surface area contributed by atoms with Crippen LogP contribution >= 0.6 is 11.6 Å². The number of rotatable bonds is 4. The van der Waals surface area contributed by atoms with Crippen LogP contribution in [-0.4, -0.2) is 15.9 Å². The summed E-state index contributed by atoms with van der Waals surface area (Å²) in [5.41, 5.74) is 0.538. The van der Waals surface area contributed by atoms with Gasteiger partial charge in [0.2, 0.25) is 5.91 Å². The molecular formula is C13H14ClN3O. The minimum atomic E-state index is -0.0225. The molecule has 0 fully saturated rings. The Hall–Kier alpha value is -1.68. The number of nitrogens with one attached hydrogen (secondary N) is 1. The monoisotopic (exact) mass is 263 g/mol. The summed E-state index contributed by atoms with van der Waals surface area (Å²) in [6.07, 6.45) is 2.39. The summed E-state index contributed by atoms with van der Waals surface area (Å²) in [7, 11) is 0. The summed E-state index contributed by atoms with van der Waals surface area (Å²) >= 11 is 5.81. The Morgan fingerprint density at radius 3 is 2.83 bits per heavy atom. The summed E-state index contributed by atoms with van der Waals surface area (Å²) in [5, 5.41) is 4.04. The summed E-state index contributed by atoms with van der Waals surface area (Å²) in [5.74, 6) is 0.490. The van der Waals surface area contributed by atoms with Crippen LogP contribution in [0, 0.1) is 0 Å². The normalized spacial score (nSPS) is 10.6. The molecule has 18 heavy (non-hydrogen) atoms. The molecule has 0 aliphatic carbocycles. The van der Waals surface area contributed by atoms with Gasteiger partial charge >= 0.3 is 0 Å². The van der Waals surface area contributed by atoms with E-state index in [0.29, 0.717) is 23.0 Å². The lowest BCUT2D eigenvalue weighted by atomic mass is 10.2. The fourth-order valence-corrected chi connectivity index (χ4v) is 1.73. The highest BCUT2D eigenvalue weighted by Gasteiger charge is 2.04. The van der Waals surface area contributed by atoms with Crippen molar-refractivity contribution in [3.8, 4) is 0 Å². The number of carbonyl (C=O) groups is 1. The molecule has 0 spiro atoms. The Labute approximate surface area is 110 Å². The first-order valence-corrected chi connectivity index (χ1v) is 6.30. The molecule has 0 saturated heterocycles. The summed E-state index contributed by atoms with van der Waals surface area (Å²) in [4.78, 5) is 19.9. The van der Waals surface area contributed by atoms with Crippen LogP contribution in [0.4, 0.5) is 5.82 Å². The van der Waals surface area contributed by atoms with Crippen molar-refractivity contribution in [3.63, 3.8) is 0 Å². The second-order valence-corrected chi connectivity index (χ2v) is 4.42. The average Bonchev–Trinajstić information content (AvgIpc) is 2.36. The van der Waals surface area contributed by atoms with Crippen molar-refractivity contribution in [2.45, 2.75) is 26.2 Å². The van der Waals surface area contributed by atoms with Crippen LogP contribution in [0.15, 0.2) is 24.3 Å². The number of hydrogen-bond donors (Lipinski definition) is 1. The van der Waals surface area contributed by atoms with Gasteiger partial charge in [0.1, 0.15) is 11.0 Å². The number of halogens is 1. The van der Waals surface area contributed by atoms with Crippen molar-refractivity contribution in [2.75, 3.05) is 5.32 Å². The van der Waals surface area contributed by atoms with Crippen molar-refractivity contribution in [1.29, 1.82) is 0 Å². The first kappa shape index (κ1) is 12.8. The van der Waals surface area contributed by atoms with E-state index in [-0.39, 0.29) is 5.91 Å². The number of nitrogens with zero attached hydrogens (tertiary/aromatic N) is 2. The number of unbranched alkanes of at least 4 members (excludes halogenated alkanes) is 1. The highest BCUT2D eigenvalue weighted by atomic mass is 35.5. The molecule has 0 saturated carbocycles. The Balaban J connectivity index is 2.16. The number of amides is 1. The van der Waals surface area contributed by atoms with Gasteiger partial charge in [-0.1, -0.05) is 24.9 Å². The van der Waals surface area contributed by atoms with Gasteiger partial charge in [-0.05, 0) is 30.7 Å². The number of carbonyl (C=O) groups excluding carboxylic acids is 1. The van der Waals surface area contributed by atoms with Crippen LogP contribution in [0.25, 0.3) is 11.0 Å². The molecule has 0 radical (unpaired) electrons. The van der Waals surface area contributed by atoms with Crippen LogP contribution in [0.2, 0.25) is 5.15 Å². The van der Waals surface area contributed by atoms with Gasteiger partial charge in [0.25, 0.3) is 0 Å². The van der Waals surface area contributed by atoms with Gasteiger partial charge in [0.15, 0.2) is 5.65 Å². The van der Waals surface area contributed by atoms with Gasteiger partial charge in [-0.2, -0.15) is 0 Å². The zero-order valence-corrected chi connectivity index (χ0v) is 10.9. The van der Waals surface area contributed by atoms with E-state index in [1.807, 2.05) is 19.1 Å². The minimum Gasteiger partial charge on any atom is -0.311 e. The van der Waals surface area contributed by atoms with E-state index in [9.17, 15) is 4.79 Å². The second kappa shape index (κ2) is 5.78. The number of hydrogen-bond acceptors (Lipinski definition) is 3. The Bertz CT molecular complexity index is 571. The highest BCUT2D eigenvalue weighted by molar-refractivity contribution is 6.29. The van der Waals surface area contributed by atoms with Crippen molar-refractivity contribution >= 4 is 34.4 Å². The van der Waals surface area contributed by atoms with Crippen molar-refractivity contribution in [1.82, 2.24) is 9.97 Å². The predicted octanol–water partition coefficient (Wildman–Crippen LogP) is 3.41. The lowest BCUT2D eigenvalue weighted by molar-refractivity contribution is -0.116. The van der Waals surface area contributed by atoms with E-state index < -0.39 is 0 Å². The Morgan fingerprint density at radius 1 is 1.28 bits per heavy atom. The van der Waals surface area contributed by atoms with Crippen LogP contribution in [0.1, 0.15) is 26.2 Å². The standard InChI is InChI=1S/C13H14ClN3O/c1-2-3-4-12(18)16-11-8-6-9-5-7-10(14)15-13(9)17-11/h5-8H,2-4H2,1H3,(H,15,16,17,18). The second-order valence-electron chi connectivity index (χ2n) is 4.03. The molecule has 2 aromatic heterocycles. The van der Waals surface area contributed by atoms with Crippen LogP contribution in [0.3, 0.4) is 0 Å². The predicted molar refractivity (Wildman–Crippen MR) is 72.7 cm³/mol. The van der Waals surface area contributed by atoms with Gasteiger partial charge < -0.3 is 5.32 Å². The van der Waals surface area contributed by atoms with E-state index in [2.05, 4.69) is 15.3 Å². The zero-order chi connectivity index (χ0) is 13.0.